The van der Waals surface area contributed by atoms with Crippen molar-refractivity contribution < 1.29 is 9.18 Å². The number of fused-ring (bicyclic) bond motifs is 1. The minimum atomic E-state index is -0.412. The molecule has 5 rings (SSSR count). The third-order valence-electron chi connectivity index (χ3n) is 6.15. The number of nitrogens with zero attached hydrogens (tertiary/aromatic N) is 2. The molecule has 5 heteroatoms. The van der Waals surface area contributed by atoms with Gasteiger partial charge in [-0.3, -0.25) is 4.79 Å². The molecule has 35 heavy (non-hydrogen) atoms. The van der Waals surface area contributed by atoms with Crippen molar-refractivity contribution in [2.45, 2.75) is 25.9 Å². The van der Waals surface area contributed by atoms with Gasteiger partial charge in [0.1, 0.15) is 11.6 Å². The van der Waals surface area contributed by atoms with E-state index in [1.54, 1.807) is 12.1 Å². The Morgan fingerprint density at radius 2 is 1.66 bits per heavy atom. The normalized spacial score (nSPS) is 11.9. The average molecular weight is 464 g/mol. The van der Waals surface area contributed by atoms with E-state index < -0.39 is 6.04 Å². The van der Waals surface area contributed by atoms with Gasteiger partial charge in [0.25, 0.3) is 5.91 Å². The smallest absolute Gasteiger partial charge is 0.251 e. The van der Waals surface area contributed by atoms with Crippen LogP contribution in [0.5, 0.6) is 0 Å². The quantitative estimate of drug-likeness (QED) is 0.310. The summed E-state index contributed by atoms with van der Waals surface area (Å²) in [7, 11) is 0. The molecule has 0 aliphatic carbocycles. The summed E-state index contributed by atoms with van der Waals surface area (Å²) in [6.07, 6.45) is 0.555. The number of nitrogens with one attached hydrogen (secondary N) is 1. The zero-order valence-electron chi connectivity index (χ0n) is 19.5. The van der Waals surface area contributed by atoms with E-state index in [4.69, 9.17) is 4.98 Å². The van der Waals surface area contributed by atoms with Gasteiger partial charge >= 0.3 is 0 Å². The van der Waals surface area contributed by atoms with Gasteiger partial charge in [0.05, 0.1) is 23.6 Å². The number of halogens is 1. The van der Waals surface area contributed by atoms with Gasteiger partial charge < -0.3 is 9.88 Å². The molecule has 0 aliphatic rings. The van der Waals surface area contributed by atoms with Crippen LogP contribution in [0.2, 0.25) is 0 Å². The first kappa shape index (κ1) is 22.5. The standard InChI is InChI=1S/C30H26FN3O/c1-21-10-9-14-23(18-21)30(35)33-27(19-22-11-3-2-4-12-22)29-32-26-16-7-8-17-28(26)34(29)20-24-13-5-6-15-25(24)31/h2-18,27H,19-20H2,1H3,(H,33,35). The van der Waals surface area contributed by atoms with Gasteiger partial charge in [0, 0.05) is 11.1 Å². The molecule has 4 nitrogen and oxygen atoms in total. The van der Waals surface area contributed by atoms with Crippen LogP contribution in [0.25, 0.3) is 11.0 Å². The second-order valence-electron chi connectivity index (χ2n) is 8.72. The topological polar surface area (TPSA) is 46.9 Å². The summed E-state index contributed by atoms with van der Waals surface area (Å²) in [4.78, 5) is 18.2. The van der Waals surface area contributed by atoms with Crippen LogP contribution < -0.4 is 5.32 Å². The van der Waals surface area contributed by atoms with Crippen LogP contribution in [0.15, 0.2) is 103 Å². The molecule has 5 aromatic rings. The van der Waals surface area contributed by atoms with Gasteiger partial charge in [-0.05, 0) is 49.2 Å². The highest BCUT2D eigenvalue weighted by Crippen LogP contribution is 2.26. The van der Waals surface area contributed by atoms with Gasteiger partial charge in [-0.1, -0.05) is 78.4 Å². The molecular weight excluding hydrogens is 437 g/mol. The van der Waals surface area contributed by atoms with Gasteiger partial charge in [-0.25, -0.2) is 9.37 Å². The largest absolute Gasteiger partial charge is 0.342 e. The van der Waals surface area contributed by atoms with Crippen LogP contribution in [0, 0.1) is 12.7 Å². The number of benzene rings is 4. The molecule has 0 spiro atoms. The Morgan fingerprint density at radius 1 is 0.914 bits per heavy atom. The lowest BCUT2D eigenvalue weighted by Gasteiger charge is -2.21. The highest BCUT2D eigenvalue weighted by Gasteiger charge is 2.24. The maximum Gasteiger partial charge on any atom is 0.251 e. The molecule has 0 radical (unpaired) electrons. The summed E-state index contributed by atoms with van der Waals surface area (Å²) >= 11 is 0. The SMILES string of the molecule is Cc1cccc(C(=O)NC(Cc2ccccc2)c2nc3ccccc3n2Cc2ccccc2F)c1. The van der Waals surface area contributed by atoms with Crippen molar-refractivity contribution in [3.05, 3.63) is 137 Å². The number of carbonyl (C=O) groups is 1. The molecule has 4 aromatic carbocycles. The van der Waals surface area contributed by atoms with Crippen LogP contribution in [-0.2, 0) is 13.0 Å². The van der Waals surface area contributed by atoms with Crippen LogP contribution in [-0.4, -0.2) is 15.5 Å². The fourth-order valence-electron chi connectivity index (χ4n) is 4.41. The molecule has 1 amide bonds. The Labute approximate surface area is 204 Å². The molecule has 0 saturated carbocycles. The molecule has 1 heterocycles. The Hall–Kier alpha value is -4.25. The molecule has 0 saturated heterocycles. The van der Waals surface area contributed by atoms with E-state index in [-0.39, 0.29) is 11.7 Å². The molecule has 1 N–H and O–H groups in total. The fraction of sp³-hybridized carbons (Fsp3) is 0.133. The molecule has 1 unspecified atom stereocenters. The van der Waals surface area contributed by atoms with E-state index in [1.165, 1.54) is 6.07 Å². The number of carbonyl (C=O) groups excluding carboxylic acids is 1. The Morgan fingerprint density at radius 3 is 2.46 bits per heavy atom. The number of aromatic nitrogens is 2. The highest BCUT2D eigenvalue weighted by atomic mass is 19.1. The second-order valence-corrected chi connectivity index (χ2v) is 8.72. The molecule has 1 atom stereocenters. The maximum atomic E-state index is 14.6. The van der Waals surface area contributed by atoms with Crippen molar-refractivity contribution in [2.24, 2.45) is 0 Å². The first-order chi connectivity index (χ1) is 17.1. The van der Waals surface area contributed by atoms with E-state index in [0.717, 1.165) is 22.2 Å². The summed E-state index contributed by atoms with van der Waals surface area (Å²) < 4.78 is 16.6. The lowest BCUT2D eigenvalue weighted by atomic mass is 10.0. The van der Waals surface area contributed by atoms with Crippen molar-refractivity contribution in [1.29, 1.82) is 0 Å². The molecule has 0 fully saturated rings. The monoisotopic (exact) mass is 463 g/mol. The Kier molecular flexibility index (Phi) is 6.40. The van der Waals surface area contributed by atoms with Gasteiger partial charge in [-0.2, -0.15) is 0 Å². The Bertz CT molecular complexity index is 1480. The van der Waals surface area contributed by atoms with Gasteiger partial charge in [0.15, 0.2) is 0 Å². The lowest BCUT2D eigenvalue weighted by molar-refractivity contribution is 0.0934. The number of amides is 1. The number of para-hydroxylation sites is 2. The molecule has 0 bridgehead atoms. The van der Waals surface area contributed by atoms with E-state index in [9.17, 15) is 9.18 Å². The number of hydrogen-bond donors (Lipinski definition) is 1. The highest BCUT2D eigenvalue weighted by molar-refractivity contribution is 5.94. The zero-order chi connectivity index (χ0) is 24.2. The van der Waals surface area contributed by atoms with Crippen molar-refractivity contribution in [3.63, 3.8) is 0 Å². The van der Waals surface area contributed by atoms with E-state index in [2.05, 4.69) is 5.32 Å². The predicted molar refractivity (Wildman–Crippen MR) is 137 cm³/mol. The van der Waals surface area contributed by atoms with Gasteiger partial charge in [0.2, 0.25) is 0 Å². The summed E-state index contributed by atoms with van der Waals surface area (Å²) in [6.45, 7) is 2.28. The van der Waals surface area contributed by atoms with Crippen molar-refractivity contribution in [1.82, 2.24) is 14.9 Å². The zero-order valence-corrected chi connectivity index (χ0v) is 19.5. The van der Waals surface area contributed by atoms with Crippen LogP contribution >= 0.6 is 0 Å². The number of aryl methyl sites for hydroxylation is 1. The third-order valence-corrected chi connectivity index (χ3v) is 6.15. The van der Waals surface area contributed by atoms with Crippen LogP contribution in [0.1, 0.15) is 38.9 Å². The number of imidazole rings is 1. The molecule has 1 aromatic heterocycles. The molecule has 174 valence electrons. The fourth-order valence-corrected chi connectivity index (χ4v) is 4.41. The summed E-state index contributed by atoms with van der Waals surface area (Å²) in [5.41, 5.74) is 4.96. The number of rotatable bonds is 7. The third kappa shape index (κ3) is 4.99. The van der Waals surface area contributed by atoms with Crippen molar-refractivity contribution in [3.8, 4) is 0 Å². The second kappa shape index (κ2) is 9.94. The molecular formula is C30H26FN3O. The van der Waals surface area contributed by atoms with E-state index in [0.29, 0.717) is 29.9 Å². The average Bonchev–Trinajstić information content (AvgIpc) is 3.24. The maximum absolute atomic E-state index is 14.6. The van der Waals surface area contributed by atoms with Crippen LogP contribution in [0.4, 0.5) is 4.39 Å². The summed E-state index contributed by atoms with van der Waals surface area (Å²) in [5, 5.41) is 3.21. The molecule has 0 aliphatic heterocycles. The number of hydrogen-bond acceptors (Lipinski definition) is 2. The van der Waals surface area contributed by atoms with Gasteiger partial charge in [-0.15, -0.1) is 0 Å². The summed E-state index contributed by atoms with van der Waals surface area (Å²) in [5.74, 6) is 0.262. The van der Waals surface area contributed by atoms with Crippen molar-refractivity contribution in [2.75, 3.05) is 0 Å². The first-order valence-electron chi connectivity index (χ1n) is 11.7. The minimum Gasteiger partial charge on any atom is -0.342 e. The lowest BCUT2D eigenvalue weighted by Crippen LogP contribution is -2.32. The summed E-state index contributed by atoms with van der Waals surface area (Å²) in [6, 6.07) is 31.7. The van der Waals surface area contributed by atoms with E-state index >= 15 is 0 Å². The van der Waals surface area contributed by atoms with E-state index in [1.807, 2.05) is 96.4 Å². The Balaban J connectivity index is 1.59. The van der Waals surface area contributed by atoms with Crippen molar-refractivity contribution >= 4 is 16.9 Å². The predicted octanol–water partition coefficient (Wildman–Crippen LogP) is 6.25. The first-order valence-corrected chi connectivity index (χ1v) is 11.7. The van der Waals surface area contributed by atoms with Crippen LogP contribution in [0.3, 0.4) is 0 Å². The minimum absolute atomic E-state index is 0.167.